The van der Waals surface area contributed by atoms with Crippen molar-refractivity contribution < 1.29 is 4.92 Å². The van der Waals surface area contributed by atoms with Crippen LogP contribution in [0.4, 0.5) is 11.5 Å². The zero-order valence-electron chi connectivity index (χ0n) is 9.20. The van der Waals surface area contributed by atoms with Gasteiger partial charge in [-0.3, -0.25) is 15.1 Å². The molecule has 2 heterocycles. The van der Waals surface area contributed by atoms with Crippen LogP contribution in [0.1, 0.15) is 11.4 Å². The fourth-order valence-corrected chi connectivity index (χ4v) is 1.58. The molecule has 0 atom stereocenters. The highest BCUT2D eigenvalue weighted by Gasteiger charge is 2.22. The summed E-state index contributed by atoms with van der Waals surface area (Å²) >= 11 is 0. The molecule has 0 aliphatic heterocycles. The van der Waals surface area contributed by atoms with Crippen LogP contribution in [0.15, 0.2) is 24.4 Å². The summed E-state index contributed by atoms with van der Waals surface area (Å²) in [6.45, 7) is 1.88. The third kappa shape index (κ3) is 2.07. The molecule has 0 saturated heterocycles. The lowest BCUT2D eigenvalue weighted by Crippen LogP contribution is -2.07. The molecular weight excluding hydrogens is 222 g/mol. The van der Waals surface area contributed by atoms with Gasteiger partial charge < -0.3 is 5.73 Å². The van der Waals surface area contributed by atoms with Crippen LogP contribution in [-0.4, -0.2) is 19.7 Å². The number of hydrogen-bond donors (Lipinski definition) is 1. The maximum atomic E-state index is 10.8. The smallest absolute Gasteiger partial charge is 0.333 e. The van der Waals surface area contributed by atoms with Crippen molar-refractivity contribution in [2.24, 2.45) is 0 Å². The number of nitro groups is 1. The summed E-state index contributed by atoms with van der Waals surface area (Å²) in [5.41, 5.74) is 6.60. The van der Waals surface area contributed by atoms with Crippen molar-refractivity contribution in [1.82, 2.24) is 14.8 Å². The van der Waals surface area contributed by atoms with E-state index in [0.717, 1.165) is 5.69 Å². The highest BCUT2D eigenvalue weighted by molar-refractivity contribution is 5.56. The fraction of sp³-hybridized carbons (Fsp3) is 0.200. The molecule has 2 N–H and O–H groups in total. The number of hydrogen-bond acceptors (Lipinski definition) is 5. The lowest BCUT2D eigenvalue weighted by Gasteiger charge is -2.01. The van der Waals surface area contributed by atoms with Gasteiger partial charge in [0.05, 0.1) is 17.2 Å². The van der Waals surface area contributed by atoms with Crippen LogP contribution in [0.25, 0.3) is 0 Å². The fourth-order valence-electron chi connectivity index (χ4n) is 1.58. The topological polar surface area (TPSA) is 99.9 Å². The number of anilines is 1. The first-order chi connectivity index (χ1) is 8.09. The summed E-state index contributed by atoms with van der Waals surface area (Å²) < 4.78 is 1.38. The Morgan fingerprint density at radius 3 is 2.82 bits per heavy atom. The first kappa shape index (κ1) is 11.1. The molecule has 2 aromatic rings. The predicted molar refractivity (Wildman–Crippen MR) is 61.4 cm³/mol. The Labute approximate surface area is 97.0 Å². The second-order valence-corrected chi connectivity index (χ2v) is 3.56. The minimum absolute atomic E-state index is 0.0538. The van der Waals surface area contributed by atoms with Gasteiger partial charge in [0.25, 0.3) is 0 Å². The van der Waals surface area contributed by atoms with Crippen molar-refractivity contribution >= 4 is 11.5 Å². The Morgan fingerprint density at radius 2 is 2.29 bits per heavy atom. The van der Waals surface area contributed by atoms with E-state index in [-0.39, 0.29) is 11.5 Å². The van der Waals surface area contributed by atoms with Crippen molar-refractivity contribution in [3.63, 3.8) is 0 Å². The third-order valence-electron chi connectivity index (χ3n) is 2.35. The van der Waals surface area contributed by atoms with Gasteiger partial charge >= 0.3 is 5.69 Å². The molecule has 2 rings (SSSR count). The molecule has 0 bridgehead atoms. The minimum Gasteiger partial charge on any atom is -0.378 e. The molecule has 0 saturated carbocycles. The van der Waals surface area contributed by atoms with Crippen molar-refractivity contribution in [2.45, 2.75) is 13.5 Å². The van der Waals surface area contributed by atoms with E-state index in [1.54, 1.807) is 19.2 Å². The largest absolute Gasteiger partial charge is 0.378 e. The molecule has 0 unspecified atom stereocenters. The molecule has 7 nitrogen and oxygen atoms in total. The number of nitrogens with two attached hydrogens (primary N) is 1. The average Bonchev–Trinajstić information content (AvgIpc) is 2.55. The number of nitrogens with zero attached hydrogens (tertiary/aromatic N) is 4. The highest BCUT2D eigenvalue weighted by atomic mass is 16.6. The first-order valence-corrected chi connectivity index (χ1v) is 4.96. The molecule has 0 fully saturated rings. The summed E-state index contributed by atoms with van der Waals surface area (Å²) in [5.74, 6) is 0.0538. The maximum Gasteiger partial charge on any atom is 0.333 e. The minimum atomic E-state index is -0.521. The average molecular weight is 233 g/mol. The molecule has 0 aromatic carbocycles. The van der Waals surface area contributed by atoms with Gasteiger partial charge in [-0.05, 0) is 19.1 Å². The molecule has 0 aliphatic rings. The number of aryl methyl sites for hydroxylation is 1. The number of nitrogen functional groups attached to an aromatic ring is 1. The van der Waals surface area contributed by atoms with E-state index in [9.17, 15) is 10.1 Å². The predicted octanol–water partition coefficient (Wildman–Crippen LogP) is 1.13. The van der Waals surface area contributed by atoms with E-state index in [1.807, 2.05) is 12.1 Å². The van der Waals surface area contributed by atoms with E-state index in [4.69, 9.17) is 5.73 Å². The van der Waals surface area contributed by atoms with Gasteiger partial charge in [-0.15, -0.1) is 0 Å². The van der Waals surface area contributed by atoms with Crippen LogP contribution < -0.4 is 5.73 Å². The van der Waals surface area contributed by atoms with E-state index < -0.39 is 4.92 Å². The van der Waals surface area contributed by atoms with Gasteiger partial charge in [0.2, 0.25) is 5.82 Å². The van der Waals surface area contributed by atoms with E-state index in [1.165, 1.54) is 4.68 Å². The second-order valence-electron chi connectivity index (χ2n) is 3.56. The van der Waals surface area contributed by atoms with E-state index in [2.05, 4.69) is 10.1 Å². The van der Waals surface area contributed by atoms with Crippen molar-refractivity contribution in [2.75, 3.05) is 5.73 Å². The van der Waals surface area contributed by atoms with Crippen molar-refractivity contribution in [3.05, 3.63) is 45.9 Å². The molecule has 0 amide bonds. The van der Waals surface area contributed by atoms with Crippen molar-refractivity contribution in [1.29, 1.82) is 0 Å². The second kappa shape index (κ2) is 4.20. The zero-order chi connectivity index (χ0) is 12.4. The summed E-state index contributed by atoms with van der Waals surface area (Å²) in [6, 6.07) is 5.44. The Morgan fingerprint density at radius 1 is 1.53 bits per heavy atom. The van der Waals surface area contributed by atoms with Crippen LogP contribution in [0.5, 0.6) is 0 Å². The lowest BCUT2D eigenvalue weighted by molar-refractivity contribution is -0.384. The molecule has 2 aromatic heterocycles. The van der Waals surface area contributed by atoms with E-state index in [0.29, 0.717) is 12.2 Å². The van der Waals surface area contributed by atoms with Crippen LogP contribution >= 0.6 is 0 Å². The molecule has 0 spiro atoms. The third-order valence-corrected chi connectivity index (χ3v) is 2.35. The summed E-state index contributed by atoms with van der Waals surface area (Å²) in [6.07, 6.45) is 1.65. The molecule has 0 aliphatic carbocycles. The highest BCUT2D eigenvalue weighted by Crippen LogP contribution is 2.25. The maximum absolute atomic E-state index is 10.8. The Bertz CT molecular complexity index is 549. The van der Waals surface area contributed by atoms with Crippen molar-refractivity contribution in [3.8, 4) is 0 Å². The SMILES string of the molecule is Cc1nn(Cc2ccccn2)c(N)c1[N+](=O)[O-]. The van der Waals surface area contributed by atoms with Gasteiger partial charge in [-0.1, -0.05) is 6.07 Å². The van der Waals surface area contributed by atoms with Gasteiger partial charge in [0.15, 0.2) is 0 Å². The quantitative estimate of drug-likeness (QED) is 0.632. The van der Waals surface area contributed by atoms with Crippen LogP contribution in [0, 0.1) is 17.0 Å². The molecule has 88 valence electrons. The number of rotatable bonds is 3. The summed E-state index contributed by atoms with van der Waals surface area (Å²) in [4.78, 5) is 14.4. The number of pyridine rings is 1. The Hall–Kier alpha value is -2.44. The number of aromatic nitrogens is 3. The molecule has 17 heavy (non-hydrogen) atoms. The van der Waals surface area contributed by atoms with Crippen LogP contribution in [0.2, 0.25) is 0 Å². The monoisotopic (exact) mass is 233 g/mol. The van der Waals surface area contributed by atoms with Gasteiger partial charge in [0, 0.05) is 6.20 Å². The zero-order valence-corrected chi connectivity index (χ0v) is 9.20. The Balaban J connectivity index is 2.35. The molecule has 7 heteroatoms. The Kier molecular flexibility index (Phi) is 2.73. The van der Waals surface area contributed by atoms with Gasteiger partial charge in [0.1, 0.15) is 5.69 Å². The van der Waals surface area contributed by atoms with Crippen LogP contribution in [0.3, 0.4) is 0 Å². The van der Waals surface area contributed by atoms with E-state index >= 15 is 0 Å². The lowest BCUT2D eigenvalue weighted by atomic mass is 10.3. The normalized spacial score (nSPS) is 10.4. The van der Waals surface area contributed by atoms with Crippen LogP contribution in [-0.2, 0) is 6.54 Å². The first-order valence-electron chi connectivity index (χ1n) is 4.96. The summed E-state index contributed by atoms with van der Waals surface area (Å²) in [7, 11) is 0. The molecule has 0 radical (unpaired) electrons. The van der Waals surface area contributed by atoms with Gasteiger partial charge in [-0.25, -0.2) is 4.68 Å². The summed E-state index contributed by atoms with van der Waals surface area (Å²) in [5, 5.41) is 14.8. The standard InChI is InChI=1S/C10H11N5O2/c1-7-9(15(16)17)10(11)14(13-7)6-8-4-2-3-5-12-8/h2-5H,6,11H2,1H3. The molecular formula is C10H11N5O2. The van der Waals surface area contributed by atoms with Gasteiger partial charge in [-0.2, -0.15) is 5.10 Å².